The fourth-order valence-corrected chi connectivity index (χ4v) is 8.52. The Morgan fingerprint density at radius 1 is 0.530 bits per heavy atom. The number of likely N-dealkylation sites (N-methyl/N-ethyl adjacent to an activating group) is 2. The second-order valence-electron chi connectivity index (χ2n) is 19.3. The third-order valence-corrected chi connectivity index (χ3v) is 12.5. The van der Waals surface area contributed by atoms with E-state index in [9.17, 15) is 44.7 Å². The summed E-state index contributed by atoms with van der Waals surface area (Å²) in [5, 5.41) is 12.7. The van der Waals surface area contributed by atoms with Gasteiger partial charge < -0.3 is 25.0 Å². The predicted molar refractivity (Wildman–Crippen MR) is 311 cm³/mol. The molecule has 0 fully saturated rings. The van der Waals surface area contributed by atoms with Crippen molar-refractivity contribution in [1.29, 1.82) is 0 Å². The van der Waals surface area contributed by atoms with E-state index in [1.807, 2.05) is 19.1 Å². The first-order valence-corrected chi connectivity index (χ1v) is 26.6. The van der Waals surface area contributed by atoms with Crippen molar-refractivity contribution >= 4 is 55.9 Å². The summed E-state index contributed by atoms with van der Waals surface area (Å²) in [6.07, 6.45) is -1.14. The molecule has 8 rings (SSSR count). The van der Waals surface area contributed by atoms with E-state index >= 15 is 0 Å². The number of rotatable bonds is 20. The molecule has 0 aliphatic rings. The van der Waals surface area contributed by atoms with Crippen molar-refractivity contribution in [3.05, 3.63) is 215 Å². The molecule has 0 aliphatic carbocycles. The Kier molecular flexibility index (Phi) is 23.1. The molecule has 6 aromatic carbocycles. The monoisotopic (exact) mass is 1150 g/mol. The summed E-state index contributed by atoms with van der Waals surface area (Å²) in [6.45, 7) is 3.12. The van der Waals surface area contributed by atoms with Gasteiger partial charge in [0.25, 0.3) is 0 Å². The van der Waals surface area contributed by atoms with E-state index < -0.39 is 37.1 Å². The summed E-state index contributed by atoms with van der Waals surface area (Å²) >= 11 is 0. The Balaban J connectivity index is 0.000000236. The molecule has 0 saturated carbocycles. The molecule has 19 heteroatoms. The number of H-pyrrole nitrogens is 2. The number of aromatic amines is 2. The molecular weight excluding hydrogens is 1080 g/mol. The van der Waals surface area contributed by atoms with Gasteiger partial charge in [0.05, 0.1) is 41.3 Å². The maximum absolute atomic E-state index is 14.4. The number of carbonyl (C=O) groups is 2. The second kappa shape index (κ2) is 30.3. The van der Waals surface area contributed by atoms with E-state index in [4.69, 9.17) is 15.2 Å². The van der Waals surface area contributed by atoms with Gasteiger partial charge in [0.1, 0.15) is 18.1 Å². The number of allylic oxidation sites excluding steroid dienone is 4. The summed E-state index contributed by atoms with van der Waals surface area (Å²) in [5.74, 6) is -0.167. The average Bonchev–Trinajstić information content (AvgIpc) is 3.64. The highest BCUT2D eigenvalue weighted by Crippen LogP contribution is 2.42. The van der Waals surface area contributed by atoms with Crippen molar-refractivity contribution in [2.45, 2.75) is 57.8 Å². The van der Waals surface area contributed by atoms with Gasteiger partial charge in [-0.1, -0.05) is 116 Å². The second-order valence-corrected chi connectivity index (χ2v) is 19.3. The van der Waals surface area contributed by atoms with E-state index in [2.05, 4.69) is 20.4 Å². The molecule has 0 atom stereocenters. The van der Waals surface area contributed by atoms with Crippen molar-refractivity contribution in [1.82, 2.24) is 30.2 Å². The van der Waals surface area contributed by atoms with E-state index in [0.717, 1.165) is 25.7 Å². The van der Waals surface area contributed by atoms with Crippen LogP contribution in [0, 0.1) is 11.9 Å². The Hall–Kier alpha value is -8.84. The van der Waals surface area contributed by atoms with Crippen LogP contribution in [0.15, 0.2) is 170 Å². The quantitative estimate of drug-likeness (QED) is 0.0298. The lowest BCUT2D eigenvalue weighted by atomic mass is 9.87. The molecule has 11 nitrogen and oxygen atoms in total. The average molecular weight is 1150 g/mol. The summed E-state index contributed by atoms with van der Waals surface area (Å²) in [5.41, 5.74) is 9.93. The number of hydrogen-bond acceptors (Lipinski definition) is 7. The number of ether oxygens (including phenoxy) is 2. The molecule has 8 aromatic rings. The molecular formula is C64H65F8N7O4. The largest absolute Gasteiger partial charge is 0.494 e. The van der Waals surface area contributed by atoms with Gasteiger partial charge >= 0.3 is 12.4 Å². The molecule has 2 heterocycles. The van der Waals surface area contributed by atoms with Gasteiger partial charge in [-0.25, -0.2) is 0 Å². The highest BCUT2D eigenvalue weighted by atomic mass is 19.4. The highest BCUT2D eigenvalue weighted by Gasteiger charge is 2.33. The van der Waals surface area contributed by atoms with Gasteiger partial charge in [-0.3, -0.25) is 19.8 Å². The standard InChI is InChI=1S/C32H31F4N3O2.C25H21F4N3O.C7H13NO/c1-39(2)29(40)12-8-3-4-9-19-41-25-16-13-23(14-17-25)30(24-15-18-28-26(20-24)31(33)38-37-28)27(21-32(34,35)36)22-10-6-5-7-11-22;26-24-20-14-18(8-11-22(20)31-32-24)23(17-6-9-19(10-7-17)33-13-12-30)21(15-25(27,28)29)16-4-2-1-3-5-16;1-4-5-6-7(9)8(2)3/h5-8,10-18,20H,3-4,9,19,21H2,1-2H3,(H,37,38);1-11,14H,12-13,15,30H2,(H,31,32);5-6H,4H2,1-3H3/b12-8+,30-27+;23-21+;6-5+. The number of carbonyl (C=O) groups excluding carboxylic acids is 2. The van der Waals surface area contributed by atoms with E-state index in [0.29, 0.717) is 86.8 Å². The van der Waals surface area contributed by atoms with Crippen LogP contribution in [0.1, 0.15) is 78.8 Å². The van der Waals surface area contributed by atoms with Crippen LogP contribution in [0.5, 0.6) is 11.5 Å². The number of nitrogens with zero attached hydrogens (tertiary/aromatic N) is 4. The molecule has 0 unspecified atom stereocenters. The molecule has 4 N–H and O–H groups in total. The lowest BCUT2D eigenvalue weighted by Crippen LogP contribution is -2.18. The van der Waals surface area contributed by atoms with Crippen molar-refractivity contribution in [3.63, 3.8) is 0 Å². The zero-order valence-electron chi connectivity index (χ0n) is 46.6. The molecule has 0 aliphatic heterocycles. The van der Waals surface area contributed by atoms with E-state index in [1.165, 1.54) is 17.0 Å². The van der Waals surface area contributed by atoms with Crippen molar-refractivity contribution in [3.8, 4) is 11.5 Å². The maximum Gasteiger partial charge on any atom is 0.393 e. The Labute approximate surface area is 476 Å². The molecule has 0 radical (unpaired) electrons. The Morgan fingerprint density at radius 3 is 1.31 bits per heavy atom. The van der Waals surface area contributed by atoms with Gasteiger partial charge in [-0.05, 0) is 142 Å². The fraction of sp³-hybridized carbons (Fsp3) is 0.250. The summed E-state index contributed by atoms with van der Waals surface area (Å²) in [7, 11) is 6.87. The zero-order valence-corrected chi connectivity index (χ0v) is 46.6. The minimum atomic E-state index is -4.47. The van der Waals surface area contributed by atoms with Crippen LogP contribution in [0.3, 0.4) is 0 Å². The number of hydrogen-bond donors (Lipinski definition) is 3. The first-order chi connectivity index (χ1) is 39.7. The molecule has 0 bridgehead atoms. The zero-order chi connectivity index (χ0) is 60.1. The fourth-order valence-electron chi connectivity index (χ4n) is 8.52. The third-order valence-electron chi connectivity index (χ3n) is 12.5. The molecule has 2 aromatic heterocycles. The van der Waals surface area contributed by atoms with Crippen LogP contribution in [0.2, 0.25) is 0 Å². The number of nitrogens with one attached hydrogen (secondary N) is 2. The Morgan fingerprint density at radius 2 is 0.928 bits per heavy atom. The topological polar surface area (TPSA) is 142 Å². The van der Waals surface area contributed by atoms with Crippen molar-refractivity contribution < 1.29 is 54.2 Å². The van der Waals surface area contributed by atoms with Gasteiger partial charge in [0.15, 0.2) is 0 Å². The first kappa shape index (κ1) is 63.3. The third kappa shape index (κ3) is 19.1. The summed E-state index contributed by atoms with van der Waals surface area (Å²) in [6, 6.07) is 39.9. The van der Waals surface area contributed by atoms with Crippen LogP contribution >= 0.6 is 0 Å². The number of fused-ring (bicyclic) bond motifs is 2. The lowest BCUT2D eigenvalue weighted by Gasteiger charge is -2.19. The predicted octanol–water partition coefficient (Wildman–Crippen LogP) is 14.8. The number of benzene rings is 6. The van der Waals surface area contributed by atoms with Crippen molar-refractivity contribution in [2.24, 2.45) is 5.73 Å². The van der Waals surface area contributed by atoms with Gasteiger partial charge in [0.2, 0.25) is 23.7 Å². The number of nitrogens with two attached hydrogens (primary N) is 1. The van der Waals surface area contributed by atoms with Gasteiger partial charge in [-0.2, -0.15) is 45.3 Å². The number of unbranched alkanes of at least 4 members (excludes halogenated alkanes) is 2. The number of alkyl halides is 6. The SMILES string of the molecule is CC/C=C/C(=O)N(C)C.CN(C)C(=O)/C=C/CCCCOc1ccc(/C(=C(/CC(F)(F)F)c2ccccc2)c2ccc3n[nH]c(F)c3c2)cc1.NCCOc1ccc(/C(=C(/CC(F)(F)F)c2ccccc2)c2ccc3n[nH]c(F)c3c2)cc1. The summed E-state index contributed by atoms with van der Waals surface area (Å²) in [4.78, 5) is 25.4. The minimum absolute atomic E-state index is 0.0526. The summed E-state index contributed by atoms with van der Waals surface area (Å²) < 4.78 is 123. The first-order valence-electron chi connectivity index (χ1n) is 26.6. The highest BCUT2D eigenvalue weighted by molar-refractivity contribution is 6.02. The Bertz CT molecular complexity index is 3500. The molecule has 436 valence electrons. The van der Waals surface area contributed by atoms with E-state index in [1.54, 1.807) is 179 Å². The van der Waals surface area contributed by atoms with Crippen LogP contribution < -0.4 is 15.2 Å². The van der Waals surface area contributed by atoms with E-state index in [-0.39, 0.29) is 33.7 Å². The molecule has 83 heavy (non-hydrogen) atoms. The van der Waals surface area contributed by atoms with Crippen LogP contribution in [0.25, 0.3) is 44.1 Å². The number of halogens is 8. The van der Waals surface area contributed by atoms with Crippen LogP contribution in [-0.2, 0) is 9.59 Å². The van der Waals surface area contributed by atoms with Crippen LogP contribution in [0.4, 0.5) is 35.1 Å². The van der Waals surface area contributed by atoms with Crippen LogP contribution in [-0.4, -0.2) is 102 Å². The van der Waals surface area contributed by atoms with Crippen molar-refractivity contribution in [2.75, 3.05) is 47.9 Å². The molecule has 0 saturated heterocycles. The number of aromatic nitrogens is 4. The number of amides is 2. The molecule has 2 amide bonds. The smallest absolute Gasteiger partial charge is 0.393 e. The molecule has 0 spiro atoms. The lowest BCUT2D eigenvalue weighted by molar-refractivity contribution is -0.124. The van der Waals surface area contributed by atoms with Gasteiger partial charge in [-0.15, -0.1) is 0 Å². The van der Waals surface area contributed by atoms with Gasteiger partial charge in [0, 0.05) is 34.7 Å². The maximum atomic E-state index is 14.4. The minimum Gasteiger partial charge on any atom is -0.494 e. The normalized spacial score (nSPS) is 12.3.